The van der Waals surface area contributed by atoms with Gasteiger partial charge in [0.25, 0.3) is 0 Å². The number of piperazine rings is 1. The zero-order chi connectivity index (χ0) is 13.7. The second-order valence-electron chi connectivity index (χ2n) is 6.68. The van der Waals surface area contributed by atoms with Gasteiger partial charge in [-0.25, -0.2) is 0 Å². The van der Waals surface area contributed by atoms with Crippen LogP contribution in [-0.2, 0) is 0 Å². The molecule has 112 valence electrons. The van der Waals surface area contributed by atoms with E-state index in [9.17, 15) is 0 Å². The Morgan fingerprint density at radius 3 is 2.74 bits per heavy atom. The highest BCUT2D eigenvalue weighted by Crippen LogP contribution is 2.34. The Morgan fingerprint density at radius 1 is 1.32 bits per heavy atom. The molecule has 1 saturated carbocycles. The van der Waals surface area contributed by atoms with E-state index < -0.39 is 0 Å². The molecule has 2 atom stereocenters. The first-order valence-corrected chi connectivity index (χ1v) is 9.41. The van der Waals surface area contributed by atoms with Crippen LogP contribution in [0.5, 0.6) is 0 Å². The lowest BCUT2D eigenvalue weighted by Crippen LogP contribution is -2.57. The van der Waals surface area contributed by atoms with Crippen molar-refractivity contribution in [1.82, 2.24) is 10.2 Å². The lowest BCUT2D eigenvalue weighted by molar-refractivity contribution is 0.108. The fraction of sp³-hybridized carbons (Fsp3) is 1.00. The molecule has 1 aliphatic heterocycles. The first kappa shape index (κ1) is 15.7. The van der Waals surface area contributed by atoms with E-state index in [1.807, 2.05) is 0 Å². The summed E-state index contributed by atoms with van der Waals surface area (Å²) in [6.07, 6.45) is 5.65. The maximum Gasteiger partial charge on any atom is 0.0224 e. The molecule has 2 aliphatic rings. The van der Waals surface area contributed by atoms with Crippen LogP contribution >= 0.6 is 11.8 Å². The number of rotatable bonds is 8. The van der Waals surface area contributed by atoms with E-state index >= 15 is 0 Å². The second-order valence-corrected chi connectivity index (χ2v) is 8.07. The van der Waals surface area contributed by atoms with Crippen molar-refractivity contribution >= 4 is 11.8 Å². The van der Waals surface area contributed by atoms with E-state index in [0.717, 1.165) is 23.9 Å². The Morgan fingerprint density at radius 2 is 2.11 bits per heavy atom. The highest BCUT2D eigenvalue weighted by molar-refractivity contribution is 7.99. The number of nitrogens with zero attached hydrogens (tertiary/aromatic N) is 1. The molecule has 3 heteroatoms. The van der Waals surface area contributed by atoms with Gasteiger partial charge in [0, 0.05) is 25.2 Å². The summed E-state index contributed by atoms with van der Waals surface area (Å²) in [6, 6.07) is 1.57. The van der Waals surface area contributed by atoms with Crippen molar-refractivity contribution in [2.24, 2.45) is 11.8 Å². The molecule has 2 nitrogen and oxygen atoms in total. The Hall–Kier alpha value is 0.270. The van der Waals surface area contributed by atoms with Crippen LogP contribution in [0.3, 0.4) is 0 Å². The Bertz CT molecular complexity index is 253. The molecule has 1 N–H and O–H groups in total. The molecule has 0 aromatic heterocycles. The van der Waals surface area contributed by atoms with Gasteiger partial charge in [-0.05, 0) is 55.6 Å². The van der Waals surface area contributed by atoms with Gasteiger partial charge in [0.15, 0.2) is 0 Å². The van der Waals surface area contributed by atoms with Crippen molar-refractivity contribution in [2.75, 3.05) is 31.1 Å². The van der Waals surface area contributed by atoms with Crippen LogP contribution < -0.4 is 5.32 Å². The molecule has 0 spiro atoms. The van der Waals surface area contributed by atoms with Crippen LogP contribution in [0.4, 0.5) is 0 Å². The molecule has 1 aliphatic carbocycles. The van der Waals surface area contributed by atoms with E-state index in [4.69, 9.17) is 0 Å². The SMILES string of the molecule is CCSCCCN1CC(C2CC2)NCC1CC(C)C. The van der Waals surface area contributed by atoms with Crippen molar-refractivity contribution in [3.8, 4) is 0 Å². The summed E-state index contributed by atoms with van der Waals surface area (Å²) in [4.78, 5) is 2.80. The molecule has 0 bridgehead atoms. The lowest BCUT2D eigenvalue weighted by Gasteiger charge is -2.41. The fourth-order valence-electron chi connectivity index (χ4n) is 3.26. The maximum atomic E-state index is 3.82. The van der Waals surface area contributed by atoms with Gasteiger partial charge in [0.2, 0.25) is 0 Å². The monoisotopic (exact) mass is 284 g/mol. The summed E-state index contributed by atoms with van der Waals surface area (Å²) in [5, 5.41) is 3.82. The van der Waals surface area contributed by atoms with E-state index in [2.05, 4.69) is 42.7 Å². The van der Waals surface area contributed by atoms with Crippen LogP contribution in [0.2, 0.25) is 0 Å². The number of nitrogens with one attached hydrogen (secondary N) is 1. The van der Waals surface area contributed by atoms with Gasteiger partial charge in [-0.3, -0.25) is 4.90 Å². The zero-order valence-corrected chi connectivity index (χ0v) is 13.8. The third-order valence-corrected chi connectivity index (χ3v) is 5.42. The first-order valence-electron chi connectivity index (χ1n) is 8.25. The predicted octanol–water partition coefficient (Wildman–Crippen LogP) is 3.23. The smallest absolute Gasteiger partial charge is 0.0224 e. The highest BCUT2D eigenvalue weighted by atomic mass is 32.2. The van der Waals surface area contributed by atoms with Crippen molar-refractivity contribution in [3.05, 3.63) is 0 Å². The van der Waals surface area contributed by atoms with Crippen LogP contribution in [-0.4, -0.2) is 48.1 Å². The van der Waals surface area contributed by atoms with Crippen molar-refractivity contribution in [2.45, 2.75) is 58.5 Å². The Labute approximate surface area is 124 Å². The van der Waals surface area contributed by atoms with Gasteiger partial charge in [-0.2, -0.15) is 11.8 Å². The van der Waals surface area contributed by atoms with Crippen LogP contribution in [0, 0.1) is 11.8 Å². The molecule has 0 radical (unpaired) electrons. The van der Waals surface area contributed by atoms with Gasteiger partial charge < -0.3 is 5.32 Å². The third kappa shape index (κ3) is 5.28. The van der Waals surface area contributed by atoms with Crippen molar-refractivity contribution < 1.29 is 0 Å². The van der Waals surface area contributed by atoms with Crippen molar-refractivity contribution in [3.63, 3.8) is 0 Å². The fourth-order valence-corrected chi connectivity index (χ4v) is 3.88. The second kappa shape index (κ2) is 7.90. The lowest BCUT2D eigenvalue weighted by atomic mass is 9.97. The predicted molar refractivity (Wildman–Crippen MR) is 86.9 cm³/mol. The van der Waals surface area contributed by atoms with E-state index in [1.165, 1.54) is 56.8 Å². The van der Waals surface area contributed by atoms with Crippen LogP contribution in [0.15, 0.2) is 0 Å². The standard InChI is InChI=1S/C16H32N2S/c1-4-19-9-5-8-18-12-16(14-6-7-14)17-11-15(18)10-13(2)3/h13-17H,4-12H2,1-3H3. The molecule has 1 saturated heterocycles. The molecule has 2 fully saturated rings. The molecule has 19 heavy (non-hydrogen) atoms. The van der Waals surface area contributed by atoms with Gasteiger partial charge >= 0.3 is 0 Å². The average Bonchev–Trinajstić information content (AvgIpc) is 3.20. The molecule has 0 aromatic rings. The van der Waals surface area contributed by atoms with Gasteiger partial charge in [0.1, 0.15) is 0 Å². The van der Waals surface area contributed by atoms with E-state index in [1.54, 1.807) is 0 Å². The Kier molecular flexibility index (Phi) is 6.51. The molecule has 2 rings (SSSR count). The van der Waals surface area contributed by atoms with Gasteiger partial charge in [0.05, 0.1) is 0 Å². The molecule has 2 unspecified atom stereocenters. The average molecular weight is 285 g/mol. The number of hydrogen-bond donors (Lipinski definition) is 1. The summed E-state index contributed by atoms with van der Waals surface area (Å²) in [5.41, 5.74) is 0. The normalized spacial score (nSPS) is 29.1. The summed E-state index contributed by atoms with van der Waals surface area (Å²) >= 11 is 2.09. The van der Waals surface area contributed by atoms with E-state index in [0.29, 0.717) is 0 Å². The van der Waals surface area contributed by atoms with Gasteiger partial charge in [-0.15, -0.1) is 0 Å². The topological polar surface area (TPSA) is 15.3 Å². The molecule has 0 aromatic carbocycles. The molecular weight excluding hydrogens is 252 g/mol. The zero-order valence-electron chi connectivity index (χ0n) is 13.0. The minimum Gasteiger partial charge on any atom is -0.311 e. The maximum absolute atomic E-state index is 3.82. The number of hydrogen-bond acceptors (Lipinski definition) is 3. The van der Waals surface area contributed by atoms with Gasteiger partial charge in [-0.1, -0.05) is 20.8 Å². The highest BCUT2D eigenvalue weighted by Gasteiger charge is 2.36. The first-order chi connectivity index (χ1) is 9.20. The minimum atomic E-state index is 0.779. The summed E-state index contributed by atoms with van der Waals surface area (Å²) < 4.78 is 0. The third-order valence-electron chi connectivity index (χ3n) is 4.44. The molecule has 1 heterocycles. The Balaban J connectivity index is 1.79. The quantitative estimate of drug-likeness (QED) is 0.689. The van der Waals surface area contributed by atoms with Crippen molar-refractivity contribution in [1.29, 1.82) is 0 Å². The molecule has 0 amide bonds. The largest absolute Gasteiger partial charge is 0.311 e. The summed E-state index contributed by atoms with van der Waals surface area (Å²) in [6.45, 7) is 10.8. The minimum absolute atomic E-state index is 0.779. The summed E-state index contributed by atoms with van der Waals surface area (Å²) in [7, 11) is 0. The van der Waals surface area contributed by atoms with Crippen LogP contribution in [0.1, 0.15) is 46.5 Å². The number of thioether (sulfide) groups is 1. The molecular formula is C16H32N2S. The van der Waals surface area contributed by atoms with Crippen LogP contribution in [0.25, 0.3) is 0 Å². The summed E-state index contributed by atoms with van der Waals surface area (Å²) in [5.74, 6) is 4.41. The van der Waals surface area contributed by atoms with E-state index in [-0.39, 0.29) is 0 Å².